The number of H-pyrrole nitrogens is 1. The Morgan fingerprint density at radius 3 is 2.80 bits per heavy atom. The Morgan fingerprint density at radius 2 is 1.89 bits per heavy atom. The van der Waals surface area contributed by atoms with E-state index < -0.39 is 6.23 Å². The lowest BCUT2D eigenvalue weighted by Crippen LogP contribution is -2.40. The van der Waals surface area contributed by atoms with E-state index in [2.05, 4.69) is 26.1 Å². The second-order valence-electron chi connectivity index (χ2n) is 8.95. The van der Waals surface area contributed by atoms with Crippen LogP contribution in [-0.2, 0) is 0 Å². The molecule has 0 spiro atoms. The first kappa shape index (κ1) is 21.5. The predicted octanol–water partition coefficient (Wildman–Crippen LogP) is 4.65. The van der Waals surface area contributed by atoms with Crippen LogP contribution in [0.15, 0.2) is 72.9 Å². The maximum absolute atomic E-state index is 10.9. The summed E-state index contributed by atoms with van der Waals surface area (Å²) < 4.78 is 0. The molecule has 3 heterocycles. The highest BCUT2D eigenvalue weighted by Crippen LogP contribution is 2.32. The van der Waals surface area contributed by atoms with Crippen molar-refractivity contribution in [2.75, 3.05) is 23.7 Å². The van der Waals surface area contributed by atoms with Crippen LogP contribution in [0.4, 0.5) is 17.2 Å². The van der Waals surface area contributed by atoms with Gasteiger partial charge in [-0.05, 0) is 61.9 Å². The van der Waals surface area contributed by atoms with Crippen molar-refractivity contribution in [3.63, 3.8) is 0 Å². The molecule has 2 unspecified atom stereocenters. The first-order valence-electron chi connectivity index (χ1n) is 12.0. The van der Waals surface area contributed by atoms with Gasteiger partial charge in [-0.3, -0.25) is 5.10 Å². The molecule has 5 aromatic rings. The van der Waals surface area contributed by atoms with E-state index in [1.54, 1.807) is 6.20 Å². The summed E-state index contributed by atoms with van der Waals surface area (Å²) in [5.41, 5.74) is 4.40. The minimum atomic E-state index is -0.649. The van der Waals surface area contributed by atoms with Gasteiger partial charge >= 0.3 is 0 Å². The Kier molecular flexibility index (Phi) is 5.73. The minimum Gasteiger partial charge on any atom is -0.373 e. The lowest BCUT2D eigenvalue weighted by Gasteiger charge is -2.29. The highest BCUT2D eigenvalue weighted by molar-refractivity contribution is 5.94. The van der Waals surface area contributed by atoms with Crippen LogP contribution < -0.4 is 16.0 Å². The van der Waals surface area contributed by atoms with Gasteiger partial charge in [-0.25, -0.2) is 9.97 Å². The molecular formula is C27H27N7O. The van der Waals surface area contributed by atoms with Crippen molar-refractivity contribution in [2.45, 2.75) is 19.1 Å². The highest BCUT2D eigenvalue weighted by atomic mass is 16.3. The zero-order chi connectivity index (χ0) is 23.6. The van der Waals surface area contributed by atoms with Gasteiger partial charge in [0.15, 0.2) is 5.82 Å². The van der Waals surface area contributed by atoms with E-state index in [9.17, 15) is 5.11 Å². The number of benzene rings is 3. The molecule has 176 valence electrons. The number of aliphatic hydroxyl groups excluding tert-OH is 1. The highest BCUT2D eigenvalue weighted by Gasteiger charge is 2.23. The molecule has 35 heavy (non-hydrogen) atoms. The molecule has 2 atom stereocenters. The monoisotopic (exact) mass is 465 g/mol. The summed E-state index contributed by atoms with van der Waals surface area (Å²) in [6.07, 6.45) is 3.21. The SMILES string of the molecule is OC(Nc1ccccc1-c1nc(Nc2ccc3[nH]ncc3c2)c2ccccc2n1)C1CCCNC1. The largest absolute Gasteiger partial charge is 0.373 e. The number of piperidine rings is 1. The molecular weight excluding hydrogens is 438 g/mol. The van der Waals surface area contributed by atoms with Crippen LogP contribution in [0.25, 0.3) is 33.2 Å². The Morgan fingerprint density at radius 1 is 1.00 bits per heavy atom. The molecule has 3 aromatic carbocycles. The quantitative estimate of drug-likeness (QED) is 0.232. The first-order valence-corrected chi connectivity index (χ1v) is 12.0. The van der Waals surface area contributed by atoms with E-state index in [0.717, 1.165) is 70.5 Å². The van der Waals surface area contributed by atoms with Crippen molar-refractivity contribution < 1.29 is 5.11 Å². The van der Waals surface area contributed by atoms with Gasteiger partial charge in [-0.2, -0.15) is 5.10 Å². The van der Waals surface area contributed by atoms with Crippen molar-refractivity contribution in [3.05, 3.63) is 72.9 Å². The third-order valence-electron chi connectivity index (χ3n) is 6.56. The van der Waals surface area contributed by atoms with Crippen molar-refractivity contribution in [3.8, 4) is 11.4 Å². The smallest absolute Gasteiger partial charge is 0.164 e. The Labute approximate surface area is 202 Å². The Hall–Kier alpha value is -4.01. The summed E-state index contributed by atoms with van der Waals surface area (Å²) in [5.74, 6) is 1.47. The van der Waals surface area contributed by atoms with Gasteiger partial charge in [-0.15, -0.1) is 0 Å². The zero-order valence-electron chi connectivity index (χ0n) is 19.2. The molecule has 5 N–H and O–H groups in total. The fraction of sp³-hybridized carbons (Fsp3) is 0.222. The van der Waals surface area contributed by atoms with Gasteiger partial charge in [0.05, 0.1) is 17.2 Å². The number of fused-ring (bicyclic) bond motifs is 2. The second kappa shape index (κ2) is 9.32. The topological polar surface area (TPSA) is 111 Å². The summed E-state index contributed by atoms with van der Waals surface area (Å²) in [4.78, 5) is 9.80. The molecule has 0 amide bonds. The molecule has 8 nitrogen and oxygen atoms in total. The average molecular weight is 466 g/mol. The van der Waals surface area contributed by atoms with E-state index in [-0.39, 0.29) is 5.92 Å². The van der Waals surface area contributed by atoms with Crippen molar-refractivity contribution in [1.82, 2.24) is 25.5 Å². The predicted molar refractivity (Wildman–Crippen MR) is 140 cm³/mol. The molecule has 1 fully saturated rings. The summed E-state index contributed by atoms with van der Waals surface area (Å²) in [5, 5.41) is 30.1. The molecule has 6 rings (SSSR count). The van der Waals surface area contributed by atoms with Crippen LogP contribution in [-0.4, -0.2) is 44.6 Å². The van der Waals surface area contributed by atoms with Gasteiger partial charge < -0.3 is 21.1 Å². The van der Waals surface area contributed by atoms with Crippen LogP contribution in [0.5, 0.6) is 0 Å². The number of nitrogens with zero attached hydrogens (tertiary/aromatic N) is 3. The molecule has 2 aromatic heterocycles. The lowest BCUT2D eigenvalue weighted by molar-refractivity contribution is 0.116. The molecule has 0 bridgehead atoms. The standard InChI is InChI=1S/C27H27N7O/c35-27(17-6-5-13-28-15-17)32-24-10-4-2-8-21(24)26-31-23-9-3-1-7-20(23)25(33-26)30-19-11-12-22-18(14-19)16-29-34-22/h1-4,7-12,14,16-17,27-28,32,35H,5-6,13,15H2,(H,29,34)(H,30,31,33). The molecule has 1 aliphatic heterocycles. The fourth-order valence-electron chi connectivity index (χ4n) is 4.68. The maximum Gasteiger partial charge on any atom is 0.164 e. The van der Waals surface area contributed by atoms with Crippen LogP contribution in [0, 0.1) is 5.92 Å². The minimum absolute atomic E-state index is 0.157. The van der Waals surface area contributed by atoms with Crippen LogP contribution in [0.1, 0.15) is 12.8 Å². The summed E-state index contributed by atoms with van der Waals surface area (Å²) >= 11 is 0. The molecule has 0 radical (unpaired) electrons. The van der Waals surface area contributed by atoms with E-state index in [0.29, 0.717) is 5.82 Å². The third-order valence-corrected chi connectivity index (χ3v) is 6.56. The van der Waals surface area contributed by atoms with E-state index in [1.807, 2.05) is 66.7 Å². The van der Waals surface area contributed by atoms with Crippen molar-refractivity contribution in [1.29, 1.82) is 0 Å². The number of para-hydroxylation sites is 2. The average Bonchev–Trinajstić information content (AvgIpc) is 3.37. The van der Waals surface area contributed by atoms with Crippen LogP contribution in [0.2, 0.25) is 0 Å². The first-order chi connectivity index (χ1) is 17.2. The number of rotatable bonds is 6. The van der Waals surface area contributed by atoms with Crippen LogP contribution >= 0.6 is 0 Å². The number of hydrogen-bond donors (Lipinski definition) is 5. The molecule has 1 aliphatic rings. The zero-order valence-corrected chi connectivity index (χ0v) is 19.2. The second-order valence-corrected chi connectivity index (χ2v) is 8.95. The van der Waals surface area contributed by atoms with Crippen molar-refractivity contribution in [2.24, 2.45) is 5.92 Å². The maximum atomic E-state index is 10.9. The van der Waals surface area contributed by atoms with Gasteiger partial charge in [-0.1, -0.05) is 24.3 Å². The fourth-order valence-corrected chi connectivity index (χ4v) is 4.68. The molecule has 0 aliphatic carbocycles. The summed E-state index contributed by atoms with van der Waals surface area (Å²) in [6, 6.07) is 21.9. The van der Waals surface area contributed by atoms with E-state index >= 15 is 0 Å². The Bertz CT molecular complexity index is 1480. The lowest BCUT2D eigenvalue weighted by atomic mass is 9.97. The number of anilines is 3. The number of aromatic nitrogens is 4. The van der Waals surface area contributed by atoms with Gasteiger partial charge in [0.2, 0.25) is 0 Å². The number of hydrogen-bond acceptors (Lipinski definition) is 7. The number of aliphatic hydroxyl groups is 1. The molecule has 8 heteroatoms. The normalized spacial score (nSPS) is 16.9. The summed E-state index contributed by atoms with van der Waals surface area (Å²) in [6.45, 7) is 1.81. The van der Waals surface area contributed by atoms with Gasteiger partial charge in [0, 0.05) is 40.2 Å². The number of nitrogens with one attached hydrogen (secondary N) is 4. The summed E-state index contributed by atoms with van der Waals surface area (Å²) in [7, 11) is 0. The van der Waals surface area contributed by atoms with Gasteiger partial charge in [0.25, 0.3) is 0 Å². The number of aromatic amines is 1. The van der Waals surface area contributed by atoms with E-state index in [1.165, 1.54) is 0 Å². The third kappa shape index (κ3) is 4.41. The van der Waals surface area contributed by atoms with Crippen molar-refractivity contribution >= 4 is 39.0 Å². The Balaban J connectivity index is 1.38. The van der Waals surface area contributed by atoms with Crippen LogP contribution in [0.3, 0.4) is 0 Å². The van der Waals surface area contributed by atoms with E-state index in [4.69, 9.17) is 9.97 Å². The van der Waals surface area contributed by atoms with Gasteiger partial charge in [0.1, 0.15) is 12.0 Å². The molecule has 1 saturated heterocycles. The molecule has 0 saturated carbocycles.